The third kappa shape index (κ3) is 5.42. The number of carbonyl (C=O) groups excluding carboxylic acids is 2. The Labute approximate surface area is 215 Å². The molecule has 11 heteroatoms. The van der Waals surface area contributed by atoms with Gasteiger partial charge >= 0.3 is 0 Å². The van der Waals surface area contributed by atoms with Crippen molar-refractivity contribution in [1.29, 1.82) is 0 Å². The quantitative estimate of drug-likeness (QED) is 0.368. The third-order valence-corrected chi connectivity index (χ3v) is 6.95. The van der Waals surface area contributed by atoms with Crippen LogP contribution in [0.1, 0.15) is 21.8 Å². The summed E-state index contributed by atoms with van der Waals surface area (Å²) in [5.74, 6) is -1.97. The molecule has 2 aromatic carbocycles. The number of halogens is 5. The van der Waals surface area contributed by atoms with Crippen molar-refractivity contribution in [3.8, 4) is 0 Å². The highest BCUT2D eigenvalue weighted by Crippen LogP contribution is 2.65. The summed E-state index contributed by atoms with van der Waals surface area (Å²) in [6, 6.07) is 11.4. The van der Waals surface area contributed by atoms with E-state index in [4.69, 9.17) is 58.0 Å². The number of alkyl halides is 2. The fraction of sp³-hybridized carbons (Fsp3) is 0.227. The Balaban J connectivity index is 1.43. The van der Waals surface area contributed by atoms with E-state index in [2.05, 4.69) is 15.7 Å². The van der Waals surface area contributed by atoms with E-state index in [0.717, 1.165) is 0 Å². The molecule has 2 atom stereocenters. The van der Waals surface area contributed by atoms with E-state index in [0.29, 0.717) is 34.4 Å². The first-order chi connectivity index (χ1) is 15.7. The average molecular weight is 547 g/mol. The molecule has 0 spiro atoms. The zero-order chi connectivity index (χ0) is 23.8. The van der Waals surface area contributed by atoms with Crippen molar-refractivity contribution in [3.05, 3.63) is 81.1 Å². The molecule has 1 aliphatic rings. The van der Waals surface area contributed by atoms with Gasteiger partial charge < -0.3 is 10.6 Å². The van der Waals surface area contributed by atoms with Crippen LogP contribution in [0.25, 0.3) is 0 Å². The van der Waals surface area contributed by atoms with Gasteiger partial charge in [-0.15, -0.1) is 23.2 Å². The van der Waals surface area contributed by atoms with Crippen LogP contribution >= 0.6 is 58.0 Å². The zero-order valence-corrected chi connectivity index (χ0v) is 20.6. The minimum absolute atomic E-state index is 0.229. The molecular formula is C22H17Cl5N4O2. The van der Waals surface area contributed by atoms with Gasteiger partial charge in [0.15, 0.2) is 0 Å². The molecule has 1 aliphatic carbocycles. The molecule has 1 saturated carbocycles. The predicted octanol–water partition coefficient (Wildman–Crippen LogP) is 5.80. The Bertz CT molecular complexity index is 1180. The van der Waals surface area contributed by atoms with Crippen LogP contribution in [-0.4, -0.2) is 32.5 Å². The number of aromatic nitrogens is 2. The topological polar surface area (TPSA) is 76.0 Å². The molecule has 0 radical (unpaired) electrons. The van der Waals surface area contributed by atoms with Gasteiger partial charge in [-0.1, -0.05) is 34.8 Å². The van der Waals surface area contributed by atoms with E-state index in [-0.39, 0.29) is 16.5 Å². The van der Waals surface area contributed by atoms with Gasteiger partial charge in [0.25, 0.3) is 5.91 Å². The van der Waals surface area contributed by atoms with Crippen LogP contribution in [0.4, 0.5) is 5.69 Å². The molecule has 0 saturated heterocycles. The highest BCUT2D eigenvalue weighted by molar-refractivity contribution is 6.53. The second-order valence-electron chi connectivity index (χ2n) is 7.54. The lowest BCUT2D eigenvalue weighted by molar-refractivity contribution is -0.117. The van der Waals surface area contributed by atoms with E-state index in [1.54, 1.807) is 47.4 Å². The van der Waals surface area contributed by atoms with Gasteiger partial charge in [0, 0.05) is 40.6 Å². The minimum Gasteiger partial charge on any atom is -0.350 e. The van der Waals surface area contributed by atoms with Crippen molar-refractivity contribution in [1.82, 2.24) is 15.1 Å². The first-order valence-electron chi connectivity index (χ1n) is 9.86. The van der Waals surface area contributed by atoms with E-state index in [1.165, 1.54) is 12.1 Å². The summed E-state index contributed by atoms with van der Waals surface area (Å²) in [7, 11) is 0. The Morgan fingerprint density at radius 3 is 2.45 bits per heavy atom. The van der Waals surface area contributed by atoms with Gasteiger partial charge in [-0.2, -0.15) is 5.10 Å². The van der Waals surface area contributed by atoms with Crippen molar-refractivity contribution in [2.24, 2.45) is 5.92 Å². The monoisotopic (exact) mass is 544 g/mol. The summed E-state index contributed by atoms with van der Waals surface area (Å²) in [5.41, 5.74) is 1.29. The normalized spacial score (nSPS) is 18.6. The number of benzene rings is 2. The van der Waals surface area contributed by atoms with Crippen molar-refractivity contribution >= 4 is 75.5 Å². The molecule has 4 rings (SSSR count). The Hall–Kier alpha value is -1.96. The molecule has 1 aromatic heterocycles. The molecule has 2 unspecified atom stereocenters. The number of rotatable bonds is 7. The minimum atomic E-state index is -1.31. The number of anilines is 1. The molecule has 0 aliphatic heterocycles. The maximum absolute atomic E-state index is 12.9. The molecule has 2 N–H and O–H groups in total. The van der Waals surface area contributed by atoms with Gasteiger partial charge in [-0.25, -0.2) is 0 Å². The van der Waals surface area contributed by atoms with Crippen molar-refractivity contribution in [2.45, 2.75) is 16.8 Å². The summed E-state index contributed by atoms with van der Waals surface area (Å²) < 4.78 is 0.388. The number of nitrogens with zero attached hydrogens (tertiary/aromatic N) is 2. The lowest BCUT2D eigenvalue weighted by atomic mass is 10.1. The smallest absolute Gasteiger partial charge is 0.252 e. The number of amides is 2. The Kier molecular flexibility index (Phi) is 7.12. The fourth-order valence-corrected chi connectivity index (χ4v) is 5.21. The lowest BCUT2D eigenvalue weighted by Gasteiger charge is -2.10. The number of nitrogens with one attached hydrogen (secondary N) is 2. The summed E-state index contributed by atoms with van der Waals surface area (Å²) in [6.07, 6.45) is 3.46. The highest BCUT2D eigenvalue weighted by Gasteiger charge is 2.67. The summed E-state index contributed by atoms with van der Waals surface area (Å²) in [4.78, 5) is 25.5. The van der Waals surface area contributed by atoms with Crippen molar-refractivity contribution in [2.75, 3.05) is 11.9 Å². The molecule has 1 heterocycles. The first kappa shape index (κ1) is 24.2. The van der Waals surface area contributed by atoms with Crippen LogP contribution in [-0.2, 0) is 11.3 Å². The highest BCUT2D eigenvalue weighted by atomic mass is 35.5. The SMILES string of the molecule is O=C(NCCn1cccn1)c1cc(NC(=O)C2C(c3cc(Cl)cc(Cl)c3)C2(Cl)Cl)ccc1Cl. The molecule has 0 bridgehead atoms. The second kappa shape index (κ2) is 9.72. The van der Waals surface area contributed by atoms with E-state index < -0.39 is 22.1 Å². The maximum atomic E-state index is 12.9. The molecular weight excluding hydrogens is 530 g/mol. The molecule has 172 valence electrons. The lowest BCUT2D eigenvalue weighted by Crippen LogP contribution is -2.27. The van der Waals surface area contributed by atoms with Gasteiger partial charge in [0.1, 0.15) is 4.33 Å². The maximum Gasteiger partial charge on any atom is 0.252 e. The molecule has 6 nitrogen and oxygen atoms in total. The van der Waals surface area contributed by atoms with Crippen LogP contribution in [0.5, 0.6) is 0 Å². The van der Waals surface area contributed by atoms with Crippen LogP contribution < -0.4 is 10.6 Å². The van der Waals surface area contributed by atoms with Gasteiger partial charge in [-0.05, 0) is 48.0 Å². The van der Waals surface area contributed by atoms with Gasteiger partial charge in [-0.3, -0.25) is 14.3 Å². The van der Waals surface area contributed by atoms with Gasteiger partial charge in [0.05, 0.1) is 23.0 Å². The largest absolute Gasteiger partial charge is 0.350 e. The molecule has 3 aromatic rings. The first-order valence-corrected chi connectivity index (χ1v) is 11.8. The summed E-state index contributed by atoms with van der Waals surface area (Å²) in [6.45, 7) is 0.872. The van der Waals surface area contributed by atoms with Crippen molar-refractivity contribution in [3.63, 3.8) is 0 Å². The zero-order valence-electron chi connectivity index (χ0n) is 16.9. The third-order valence-electron chi connectivity index (χ3n) is 5.24. The van der Waals surface area contributed by atoms with E-state index in [1.807, 2.05) is 0 Å². The predicted molar refractivity (Wildman–Crippen MR) is 132 cm³/mol. The summed E-state index contributed by atoms with van der Waals surface area (Å²) >= 11 is 31.2. The Morgan fingerprint density at radius 2 is 1.79 bits per heavy atom. The van der Waals surface area contributed by atoms with Gasteiger partial charge in [0.2, 0.25) is 5.91 Å². The molecule has 33 heavy (non-hydrogen) atoms. The number of carbonyl (C=O) groups is 2. The Morgan fingerprint density at radius 1 is 1.06 bits per heavy atom. The average Bonchev–Trinajstić information content (AvgIpc) is 3.06. The van der Waals surface area contributed by atoms with Crippen molar-refractivity contribution < 1.29 is 9.59 Å². The molecule has 2 amide bonds. The standard InChI is InChI=1S/C22H17Cl5N4O2/c23-13-8-12(9-14(24)10-13)18-19(22(18,26)27)21(33)30-15-2-3-17(25)16(11-15)20(32)28-5-7-31-6-1-4-29-31/h1-4,6,8-11,18-19H,5,7H2,(H,28,32)(H,30,33). The fourth-order valence-electron chi connectivity index (χ4n) is 3.63. The van der Waals surface area contributed by atoms with Crippen LogP contribution in [0.3, 0.4) is 0 Å². The molecule has 1 fully saturated rings. The second-order valence-corrected chi connectivity index (χ2v) is 10.3. The van der Waals surface area contributed by atoms with Crippen LogP contribution in [0.2, 0.25) is 15.1 Å². The van der Waals surface area contributed by atoms with Crippen LogP contribution in [0, 0.1) is 5.92 Å². The number of hydrogen-bond acceptors (Lipinski definition) is 3. The summed E-state index contributed by atoms with van der Waals surface area (Å²) in [5, 5.41) is 10.7. The van der Waals surface area contributed by atoms with Crippen LogP contribution in [0.15, 0.2) is 54.9 Å². The van der Waals surface area contributed by atoms with E-state index >= 15 is 0 Å². The number of hydrogen-bond donors (Lipinski definition) is 2. The van der Waals surface area contributed by atoms with E-state index in [9.17, 15) is 9.59 Å².